The number of hydrogen-bond acceptors (Lipinski definition) is 4. The quantitative estimate of drug-likeness (QED) is 0.449. The summed E-state index contributed by atoms with van der Waals surface area (Å²) in [7, 11) is 0. The number of rotatable bonds is 7. The van der Waals surface area contributed by atoms with Crippen molar-refractivity contribution in [1.29, 1.82) is 0 Å². The molecule has 3 aromatic rings. The number of carbonyl (C=O) groups excluding carboxylic acids is 2. The summed E-state index contributed by atoms with van der Waals surface area (Å²) in [6.07, 6.45) is 2.26. The number of amides is 2. The van der Waals surface area contributed by atoms with Crippen LogP contribution in [0.4, 0.5) is 10.5 Å². The molecule has 1 unspecified atom stereocenters. The zero-order valence-electron chi connectivity index (χ0n) is 18.5. The lowest BCUT2D eigenvalue weighted by Gasteiger charge is -2.14. The zero-order chi connectivity index (χ0) is 24.1. The van der Waals surface area contributed by atoms with Gasteiger partial charge in [0, 0.05) is 17.7 Å². The fraction of sp³-hybridized carbons (Fsp3) is 0.148. The normalized spacial score (nSPS) is 13.1. The Morgan fingerprint density at radius 3 is 2.12 bits per heavy atom. The highest BCUT2D eigenvalue weighted by molar-refractivity contribution is 5.94. The standard InChI is InChI=1S/C27H24N2O5/c1-17(26(31)32)28-25(30)15-12-18-10-13-19(14-11-18)29-27(33)34-16-24-22-8-4-2-6-20(22)21-7-3-5-9-23(21)24/h2-15,17,24H,16H2,1H3,(H,28,30)(H,29,33)(H,31,32)/b15-12+. The summed E-state index contributed by atoms with van der Waals surface area (Å²) in [4.78, 5) is 34.9. The van der Waals surface area contributed by atoms with E-state index in [0.717, 1.165) is 16.7 Å². The maximum atomic E-state index is 12.4. The molecule has 4 rings (SSSR count). The average Bonchev–Trinajstić information content (AvgIpc) is 3.16. The molecule has 0 saturated heterocycles. The predicted molar refractivity (Wildman–Crippen MR) is 129 cm³/mol. The number of ether oxygens (including phenoxy) is 1. The molecule has 2 amide bonds. The van der Waals surface area contributed by atoms with E-state index in [-0.39, 0.29) is 12.5 Å². The summed E-state index contributed by atoms with van der Waals surface area (Å²) in [5.41, 5.74) is 5.90. The highest BCUT2D eigenvalue weighted by Gasteiger charge is 2.29. The smallest absolute Gasteiger partial charge is 0.411 e. The average molecular weight is 456 g/mol. The van der Waals surface area contributed by atoms with E-state index in [0.29, 0.717) is 5.69 Å². The van der Waals surface area contributed by atoms with Gasteiger partial charge in [-0.3, -0.25) is 14.9 Å². The monoisotopic (exact) mass is 456 g/mol. The van der Waals surface area contributed by atoms with Gasteiger partial charge in [-0.25, -0.2) is 4.79 Å². The van der Waals surface area contributed by atoms with Crippen LogP contribution in [0.5, 0.6) is 0 Å². The van der Waals surface area contributed by atoms with Crippen molar-refractivity contribution < 1.29 is 24.2 Å². The van der Waals surface area contributed by atoms with E-state index in [1.54, 1.807) is 30.3 Å². The number of hydrogen-bond donors (Lipinski definition) is 3. The number of nitrogens with one attached hydrogen (secondary N) is 2. The van der Waals surface area contributed by atoms with E-state index < -0.39 is 24.0 Å². The Kier molecular flexibility index (Phi) is 6.73. The SMILES string of the molecule is CC(NC(=O)/C=C/c1ccc(NC(=O)OCC2c3ccccc3-c3ccccc32)cc1)C(=O)O. The van der Waals surface area contributed by atoms with Gasteiger partial charge in [-0.05, 0) is 52.9 Å². The minimum atomic E-state index is -1.11. The Bertz CT molecular complexity index is 1200. The molecule has 0 aromatic heterocycles. The molecule has 0 saturated carbocycles. The third-order valence-corrected chi connectivity index (χ3v) is 5.66. The van der Waals surface area contributed by atoms with Gasteiger partial charge in [0.05, 0.1) is 0 Å². The van der Waals surface area contributed by atoms with Crippen molar-refractivity contribution in [2.24, 2.45) is 0 Å². The van der Waals surface area contributed by atoms with Gasteiger partial charge >= 0.3 is 12.1 Å². The van der Waals surface area contributed by atoms with Crippen LogP contribution >= 0.6 is 0 Å². The second-order valence-corrected chi connectivity index (χ2v) is 7.97. The summed E-state index contributed by atoms with van der Waals surface area (Å²) in [5, 5.41) is 13.9. The number of benzene rings is 3. The summed E-state index contributed by atoms with van der Waals surface area (Å²) >= 11 is 0. The predicted octanol–water partition coefficient (Wildman–Crippen LogP) is 4.65. The Labute approximate surface area is 197 Å². The number of aliphatic carboxylic acids is 1. The van der Waals surface area contributed by atoms with Crippen molar-refractivity contribution in [1.82, 2.24) is 5.32 Å². The van der Waals surface area contributed by atoms with Crippen LogP contribution in [-0.2, 0) is 14.3 Å². The topological polar surface area (TPSA) is 105 Å². The Balaban J connectivity index is 1.32. The maximum absolute atomic E-state index is 12.4. The Hall–Kier alpha value is -4.39. The highest BCUT2D eigenvalue weighted by Crippen LogP contribution is 2.44. The van der Waals surface area contributed by atoms with E-state index >= 15 is 0 Å². The van der Waals surface area contributed by atoms with Gasteiger partial charge in [-0.1, -0.05) is 60.7 Å². The van der Waals surface area contributed by atoms with E-state index in [9.17, 15) is 14.4 Å². The number of anilines is 1. The molecule has 172 valence electrons. The van der Waals surface area contributed by atoms with Crippen LogP contribution in [0.2, 0.25) is 0 Å². The number of carboxylic acid groups (broad SMARTS) is 1. The molecule has 3 N–H and O–H groups in total. The minimum Gasteiger partial charge on any atom is -0.480 e. The van der Waals surface area contributed by atoms with Crippen molar-refractivity contribution in [3.8, 4) is 11.1 Å². The van der Waals surface area contributed by atoms with Gasteiger partial charge in [-0.2, -0.15) is 0 Å². The molecule has 7 nitrogen and oxygen atoms in total. The van der Waals surface area contributed by atoms with Crippen LogP contribution in [0.3, 0.4) is 0 Å². The maximum Gasteiger partial charge on any atom is 0.411 e. The van der Waals surface area contributed by atoms with E-state index in [4.69, 9.17) is 9.84 Å². The molecule has 0 spiro atoms. The molecule has 0 aliphatic heterocycles. The first kappa shape index (κ1) is 22.8. The first-order chi connectivity index (χ1) is 16.4. The van der Waals surface area contributed by atoms with Gasteiger partial charge < -0.3 is 15.2 Å². The third kappa shape index (κ3) is 5.15. The molecule has 0 radical (unpaired) electrons. The van der Waals surface area contributed by atoms with Crippen molar-refractivity contribution >= 4 is 29.7 Å². The molecule has 1 atom stereocenters. The van der Waals surface area contributed by atoms with Crippen LogP contribution in [0.1, 0.15) is 29.5 Å². The molecule has 0 fully saturated rings. The van der Waals surface area contributed by atoms with Crippen LogP contribution in [0, 0.1) is 0 Å². The number of carboxylic acids is 1. The molecule has 7 heteroatoms. The summed E-state index contributed by atoms with van der Waals surface area (Å²) < 4.78 is 5.54. The van der Waals surface area contributed by atoms with E-state index in [1.807, 2.05) is 24.3 Å². The van der Waals surface area contributed by atoms with Gasteiger partial charge in [-0.15, -0.1) is 0 Å². The van der Waals surface area contributed by atoms with Crippen molar-refractivity contribution in [3.05, 3.63) is 95.6 Å². The number of fused-ring (bicyclic) bond motifs is 3. The zero-order valence-corrected chi connectivity index (χ0v) is 18.5. The van der Waals surface area contributed by atoms with E-state index in [2.05, 4.69) is 34.9 Å². The van der Waals surface area contributed by atoms with Gasteiger partial charge in [0.2, 0.25) is 5.91 Å². The molecular weight excluding hydrogens is 432 g/mol. The second-order valence-electron chi connectivity index (χ2n) is 7.97. The largest absolute Gasteiger partial charge is 0.480 e. The molecule has 0 bridgehead atoms. The number of carbonyl (C=O) groups is 3. The van der Waals surface area contributed by atoms with Gasteiger partial charge in [0.15, 0.2) is 0 Å². The molecular formula is C27H24N2O5. The van der Waals surface area contributed by atoms with Crippen LogP contribution in [0.25, 0.3) is 17.2 Å². The van der Waals surface area contributed by atoms with Gasteiger partial charge in [0.1, 0.15) is 12.6 Å². The molecule has 3 aromatic carbocycles. The lowest BCUT2D eigenvalue weighted by molar-refractivity contribution is -0.140. The molecule has 1 aliphatic rings. The Morgan fingerprint density at radius 2 is 1.53 bits per heavy atom. The molecule has 1 aliphatic carbocycles. The van der Waals surface area contributed by atoms with Crippen molar-refractivity contribution in [2.75, 3.05) is 11.9 Å². The lowest BCUT2D eigenvalue weighted by atomic mass is 9.98. The Morgan fingerprint density at radius 1 is 0.941 bits per heavy atom. The van der Waals surface area contributed by atoms with Crippen molar-refractivity contribution in [3.63, 3.8) is 0 Å². The third-order valence-electron chi connectivity index (χ3n) is 5.66. The van der Waals surface area contributed by atoms with Crippen LogP contribution in [-0.4, -0.2) is 35.7 Å². The first-order valence-electron chi connectivity index (χ1n) is 10.9. The lowest BCUT2D eigenvalue weighted by Crippen LogP contribution is -2.37. The van der Waals surface area contributed by atoms with E-state index in [1.165, 1.54) is 24.1 Å². The van der Waals surface area contributed by atoms with Gasteiger partial charge in [0.25, 0.3) is 0 Å². The molecule has 34 heavy (non-hydrogen) atoms. The summed E-state index contributed by atoms with van der Waals surface area (Å²) in [6.45, 7) is 1.61. The molecule has 0 heterocycles. The summed E-state index contributed by atoms with van der Waals surface area (Å²) in [6, 6.07) is 22.2. The van der Waals surface area contributed by atoms with Crippen LogP contribution < -0.4 is 10.6 Å². The van der Waals surface area contributed by atoms with Crippen molar-refractivity contribution in [2.45, 2.75) is 18.9 Å². The highest BCUT2D eigenvalue weighted by atomic mass is 16.5. The second kappa shape index (κ2) is 10.0. The fourth-order valence-corrected chi connectivity index (χ4v) is 3.93. The van der Waals surface area contributed by atoms with Crippen LogP contribution in [0.15, 0.2) is 78.9 Å². The summed E-state index contributed by atoms with van der Waals surface area (Å²) in [5.74, 6) is -1.62. The minimum absolute atomic E-state index is 0.0133. The first-order valence-corrected chi connectivity index (χ1v) is 10.9. The fourth-order valence-electron chi connectivity index (χ4n) is 3.93.